The highest BCUT2D eigenvalue weighted by molar-refractivity contribution is 5.50. The molecular formula is C10H14N4. The Hall–Kier alpha value is -1.63. The lowest BCUT2D eigenvalue weighted by Crippen LogP contribution is -2.39. The summed E-state index contributed by atoms with van der Waals surface area (Å²) in [6, 6.07) is 2.03. The zero-order chi connectivity index (χ0) is 10.8. The van der Waals surface area contributed by atoms with Crippen LogP contribution < -0.4 is 4.90 Å². The molecule has 0 unspecified atom stereocenters. The molecule has 0 aliphatic carbocycles. The summed E-state index contributed by atoms with van der Waals surface area (Å²) in [6.07, 6.45) is 3.12. The minimum Gasteiger partial charge on any atom is -0.352 e. The standard InChI is InChI=1S/C10H14N4/c1-10(2,3)14(4)9-8(7-11)12-5-6-13-9/h5-6H,1-4H3. The first kappa shape index (κ1) is 10.5. The average Bonchev–Trinajstić information content (AvgIpc) is 2.15. The summed E-state index contributed by atoms with van der Waals surface area (Å²) in [5.41, 5.74) is 0.298. The van der Waals surface area contributed by atoms with Gasteiger partial charge < -0.3 is 4.90 Å². The molecule has 1 aromatic heterocycles. The summed E-state index contributed by atoms with van der Waals surface area (Å²) in [4.78, 5) is 10.1. The van der Waals surface area contributed by atoms with E-state index in [9.17, 15) is 0 Å². The van der Waals surface area contributed by atoms with Gasteiger partial charge in [0.1, 0.15) is 6.07 Å². The molecule has 1 heterocycles. The van der Waals surface area contributed by atoms with E-state index >= 15 is 0 Å². The topological polar surface area (TPSA) is 52.8 Å². The van der Waals surface area contributed by atoms with Crippen molar-refractivity contribution in [3.63, 3.8) is 0 Å². The summed E-state index contributed by atoms with van der Waals surface area (Å²) in [5, 5.41) is 8.85. The Morgan fingerprint density at radius 2 is 1.86 bits per heavy atom. The Morgan fingerprint density at radius 1 is 1.29 bits per heavy atom. The van der Waals surface area contributed by atoms with Crippen molar-refractivity contribution in [3.05, 3.63) is 18.1 Å². The predicted octanol–water partition coefficient (Wildman–Crippen LogP) is 1.58. The predicted molar refractivity (Wildman–Crippen MR) is 54.9 cm³/mol. The van der Waals surface area contributed by atoms with Crippen molar-refractivity contribution in [3.8, 4) is 6.07 Å². The van der Waals surface area contributed by atoms with Gasteiger partial charge >= 0.3 is 0 Å². The van der Waals surface area contributed by atoms with Gasteiger partial charge in [0.15, 0.2) is 11.5 Å². The van der Waals surface area contributed by atoms with Crippen LogP contribution >= 0.6 is 0 Å². The first-order chi connectivity index (χ1) is 6.46. The van der Waals surface area contributed by atoms with E-state index in [1.54, 1.807) is 6.20 Å². The van der Waals surface area contributed by atoms with Crippen LogP contribution in [0, 0.1) is 11.3 Å². The number of nitrogens with zero attached hydrogens (tertiary/aromatic N) is 4. The van der Waals surface area contributed by atoms with E-state index in [1.165, 1.54) is 6.20 Å². The largest absolute Gasteiger partial charge is 0.352 e. The first-order valence-electron chi connectivity index (χ1n) is 4.41. The second-order valence-electron chi connectivity index (χ2n) is 4.07. The maximum Gasteiger partial charge on any atom is 0.183 e. The molecule has 0 amide bonds. The molecule has 0 spiro atoms. The van der Waals surface area contributed by atoms with Gasteiger partial charge in [-0.1, -0.05) is 0 Å². The Morgan fingerprint density at radius 3 is 2.36 bits per heavy atom. The lowest BCUT2D eigenvalue weighted by molar-refractivity contribution is 0.532. The van der Waals surface area contributed by atoms with Gasteiger partial charge in [0.2, 0.25) is 0 Å². The fourth-order valence-electron chi connectivity index (χ4n) is 0.973. The van der Waals surface area contributed by atoms with E-state index in [-0.39, 0.29) is 5.54 Å². The third-order valence-electron chi connectivity index (χ3n) is 2.11. The average molecular weight is 190 g/mol. The van der Waals surface area contributed by atoms with Crippen molar-refractivity contribution in [2.24, 2.45) is 0 Å². The second kappa shape index (κ2) is 3.62. The molecule has 1 aromatic rings. The normalized spacial score (nSPS) is 10.8. The van der Waals surface area contributed by atoms with Crippen molar-refractivity contribution in [2.75, 3.05) is 11.9 Å². The minimum atomic E-state index is -0.0678. The van der Waals surface area contributed by atoms with Crippen LogP contribution in [-0.4, -0.2) is 22.6 Å². The van der Waals surface area contributed by atoms with Crippen molar-refractivity contribution in [2.45, 2.75) is 26.3 Å². The van der Waals surface area contributed by atoms with E-state index in [0.717, 1.165) is 0 Å². The number of nitriles is 1. The minimum absolute atomic E-state index is 0.0678. The van der Waals surface area contributed by atoms with Gasteiger partial charge in [0, 0.05) is 25.0 Å². The summed E-state index contributed by atoms with van der Waals surface area (Å²) in [7, 11) is 1.91. The van der Waals surface area contributed by atoms with Crippen LogP contribution in [0.2, 0.25) is 0 Å². The molecule has 0 N–H and O–H groups in total. The SMILES string of the molecule is CN(c1nccnc1C#N)C(C)(C)C. The second-order valence-corrected chi connectivity index (χ2v) is 4.07. The van der Waals surface area contributed by atoms with Crippen LogP contribution in [0.15, 0.2) is 12.4 Å². The Kier molecular flexibility index (Phi) is 2.70. The maximum atomic E-state index is 8.85. The highest BCUT2D eigenvalue weighted by Gasteiger charge is 2.21. The zero-order valence-corrected chi connectivity index (χ0v) is 8.94. The third kappa shape index (κ3) is 1.99. The zero-order valence-electron chi connectivity index (χ0n) is 8.94. The number of rotatable bonds is 1. The van der Waals surface area contributed by atoms with Crippen molar-refractivity contribution < 1.29 is 0 Å². The quantitative estimate of drug-likeness (QED) is 0.674. The monoisotopic (exact) mass is 190 g/mol. The van der Waals surface area contributed by atoms with Crippen LogP contribution in [0.3, 0.4) is 0 Å². The van der Waals surface area contributed by atoms with E-state index in [1.807, 2.05) is 18.0 Å². The van der Waals surface area contributed by atoms with Crippen molar-refractivity contribution in [1.82, 2.24) is 9.97 Å². The molecule has 0 aliphatic rings. The molecular weight excluding hydrogens is 176 g/mol. The number of hydrogen-bond acceptors (Lipinski definition) is 4. The van der Waals surface area contributed by atoms with Gasteiger partial charge in [-0.3, -0.25) is 0 Å². The highest BCUT2D eigenvalue weighted by Crippen LogP contribution is 2.20. The van der Waals surface area contributed by atoms with Crippen LogP contribution in [0.5, 0.6) is 0 Å². The molecule has 4 nitrogen and oxygen atoms in total. The van der Waals surface area contributed by atoms with Gasteiger partial charge in [0.05, 0.1) is 0 Å². The molecule has 0 atom stereocenters. The van der Waals surface area contributed by atoms with E-state index < -0.39 is 0 Å². The summed E-state index contributed by atoms with van der Waals surface area (Å²) in [6.45, 7) is 6.18. The van der Waals surface area contributed by atoms with Crippen molar-refractivity contribution in [1.29, 1.82) is 5.26 Å². The molecule has 1 rings (SSSR count). The molecule has 0 aromatic carbocycles. The summed E-state index contributed by atoms with van der Waals surface area (Å²) in [5.74, 6) is 0.627. The van der Waals surface area contributed by atoms with E-state index in [4.69, 9.17) is 5.26 Å². The number of aromatic nitrogens is 2. The van der Waals surface area contributed by atoms with Gasteiger partial charge in [-0.2, -0.15) is 5.26 Å². The molecule has 0 saturated heterocycles. The fourth-order valence-corrected chi connectivity index (χ4v) is 0.973. The van der Waals surface area contributed by atoms with E-state index in [2.05, 4.69) is 30.7 Å². The molecule has 0 radical (unpaired) electrons. The fraction of sp³-hybridized carbons (Fsp3) is 0.500. The van der Waals surface area contributed by atoms with Gasteiger partial charge in [0.25, 0.3) is 0 Å². The number of anilines is 1. The van der Waals surface area contributed by atoms with Crippen LogP contribution in [-0.2, 0) is 0 Å². The van der Waals surface area contributed by atoms with Crippen LogP contribution in [0.25, 0.3) is 0 Å². The van der Waals surface area contributed by atoms with E-state index in [0.29, 0.717) is 11.5 Å². The Balaban J connectivity index is 3.14. The molecule has 0 saturated carbocycles. The molecule has 0 aliphatic heterocycles. The highest BCUT2D eigenvalue weighted by atomic mass is 15.2. The molecule has 0 bridgehead atoms. The van der Waals surface area contributed by atoms with Gasteiger partial charge in [-0.05, 0) is 20.8 Å². The lowest BCUT2D eigenvalue weighted by Gasteiger charge is -2.32. The summed E-state index contributed by atoms with van der Waals surface area (Å²) >= 11 is 0. The summed E-state index contributed by atoms with van der Waals surface area (Å²) < 4.78 is 0. The Labute approximate surface area is 84.2 Å². The van der Waals surface area contributed by atoms with Crippen LogP contribution in [0.4, 0.5) is 5.82 Å². The van der Waals surface area contributed by atoms with Gasteiger partial charge in [-0.25, -0.2) is 9.97 Å². The molecule has 74 valence electrons. The molecule has 4 heteroatoms. The van der Waals surface area contributed by atoms with Crippen LogP contribution in [0.1, 0.15) is 26.5 Å². The molecule has 14 heavy (non-hydrogen) atoms. The maximum absolute atomic E-state index is 8.85. The van der Waals surface area contributed by atoms with Crippen molar-refractivity contribution >= 4 is 5.82 Å². The number of hydrogen-bond donors (Lipinski definition) is 0. The Bertz CT molecular complexity index is 359. The first-order valence-corrected chi connectivity index (χ1v) is 4.41. The lowest BCUT2D eigenvalue weighted by atomic mass is 10.1. The molecule has 0 fully saturated rings. The third-order valence-corrected chi connectivity index (χ3v) is 2.11. The smallest absolute Gasteiger partial charge is 0.183 e. The van der Waals surface area contributed by atoms with Gasteiger partial charge in [-0.15, -0.1) is 0 Å².